The van der Waals surface area contributed by atoms with Gasteiger partial charge in [0.15, 0.2) is 5.82 Å². The molecule has 0 atom stereocenters. The fourth-order valence-corrected chi connectivity index (χ4v) is 2.70. The number of benzene rings is 1. The molecule has 0 amide bonds. The number of piperidine rings is 1. The molecule has 1 fully saturated rings. The maximum atomic E-state index is 13.1. The summed E-state index contributed by atoms with van der Waals surface area (Å²) in [5.41, 5.74) is -0.0785. The molecule has 1 aliphatic heterocycles. The van der Waals surface area contributed by atoms with Crippen molar-refractivity contribution in [2.24, 2.45) is 0 Å². The van der Waals surface area contributed by atoms with Gasteiger partial charge < -0.3 is 4.90 Å². The number of alkyl halides is 3. The maximum Gasteiger partial charge on any atom is 0.455 e. The van der Waals surface area contributed by atoms with Crippen LogP contribution in [0.2, 0.25) is 0 Å². The lowest BCUT2D eigenvalue weighted by Gasteiger charge is -2.26. The molecule has 0 spiro atoms. The van der Waals surface area contributed by atoms with Crippen molar-refractivity contribution in [2.75, 3.05) is 13.1 Å². The molecule has 6 nitrogen and oxygen atoms in total. The summed E-state index contributed by atoms with van der Waals surface area (Å²) in [4.78, 5) is 13.7. The van der Waals surface area contributed by atoms with Crippen LogP contribution < -0.4 is 0 Å². The van der Waals surface area contributed by atoms with Crippen molar-refractivity contribution in [1.82, 2.24) is 25.1 Å². The molecule has 0 saturated carbocycles. The van der Waals surface area contributed by atoms with E-state index >= 15 is 0 Å². The Morgan fingerprint density at radius 2 is 1.76 bits per heavy atom. The molecule has 0 N–H and O–H groups in total. The number of allylic oxidation sites excluding steroid dienone is 1. The van der Waals surface area contributed by atoms with Gasteiger partial charge in [-0.15, -0.1) is 5.10 Å². The van der Waals surface area contributed by atoms with Crippen molar-refractivity contribution >= 4 is 11.4 Å². The molecule has 132 valence electrons. The first kappa shape index (κ1) is 17.1. The van der Waals surface area contributed by atoms with Crippen molar-refractivity contribution in [2.45, 2.75) is 25.4 Å². The van der Waals surface area contributed by atoms with Crippen LogP contribution in [0.1, 0.15) is 25.1 Å². The van der Waals surface area contributed by atoms with Gasteiger partial charge in [0.1, 0.15) is 0 Å². The zero-order valence-corrected chi connectivity index (χ0v) is 13.3. The smallest absolute Gasteiger partial charge is 0.377 e. The van der Waals surface area contributed by atoms with E-state index in [2.05, 4.69) is 15.5 Å². The second-order valence-electron chi connectivity index (χ2n) is 5.72. The molecule has 2 aromatic rings. The predicted molar refractivity (Wildman–Crippen MR) is 83.6 cm³/mol. The Balaban J connectivity index is 2.05. The average molecular weight is 351 g/mol. The van der Waals surface area contributed by atoms with E-state index in [9.17, 15) is 18.0 Å². The molecule has 25 heavy (non-hydrogen) atoms. The molecular weight excluding hydrogens is 335 g/mol. The summed E-state index contributed by atoms with van der Waals surface area (Å²) in [6, 6.07) is 8.48. The summed E-state index contributed by atoms with van der Waals surface area (Å²) in [6.45, 7) is 1.20. The number of rotatable bonds is 4. The quantitative estimate of drug-likeness (QED) is 0.793. The minimum absolute atomic E-state index is 0.223. The number of Topliss-reactive ketones (excluding diaryl/α,β-unsaturated/α-hetero) is 1. The van der Waals surface area contributed by atoms with E-state index in [4.69, 9.17) is 0 Å². The van der Waals surface area contributed by atoms with Gasteiger partial charge in [-0.25, -0.2) is 0 Å². The first-order valence-corrected chi connectivity index (χ1v) is 7.88. The number of para-hydroxylation sites is 1. The van der Waals surface area contributed by atoms with Crippen LogP contribution in [0.25, 0.3) is 11.3 Å². The van der Waals surface area contributed by atoms with Crippen molar-refractivity contribution in [3.05, 3.63) is 42.4 Å². The van der Waals surface area contributed by atoms with Gasteiger partial charge in [-0.1, -0.05) is 18.2 Å². The zero-order valence-electron chi connectivity index (χ0n) is 13.3. The highest BCUT2D eigenvalue weighted by molar-refractivity contribution is 6.22. The number of carbonyl (C=O) groups excluding carboxylic acids is 1. The number of tetrazole rings is 1. The Bertz CT molecular complexity index is 764. The van der Waals surface area contributed by atoms with Crippen LogP contribution in [0.5, 0.6) is 0 Å². The van der Waals surface area contributed by atoms with Gasteiger partial charge in [-0.3, -0.25) is 4.79 Å². The van der Waals surface area contributed by atoms with E-state index in [0.717, 1.165) is 23.9 Å². The van der Waals surface area contributed by atoms with Crippen LogP contribution in [-0.2, 0) is 4.79 Å². The molecule has 1 aromatic carbocycles. The van der Waals surface area contributed by atoms with Crippen molar-refractivity contribution in [1.29, 1.82) is 0 Å². The fourth-order valence-electron chi connectivity index (χ4n) is 2.70. The van der Waals surface area contributed by atoms with Crippen LogP contribution in [0.15, 0.2) is 36.5 Å². The van der Waals surface area contributed by atoms with Gasteiger partial charge in [0.2, 0.25) is 0 Å². The van der Waals surface area contributed by atoms with Gasteiger partial charge in [0, 0.05) is 19.3 Å². The molecule has 9 heteroatoms. The number of ketones is 1. The number of likely N-dealkylation sites (tertiary alicyclic amines) is 1. The molecule has 0 radical (unpaired) electrons. The molecule has 1 aromatic heterocycles. The van der Waals surface area contributed by atoms with Crippen molar-refractivity contribution in [3.63, 3.8) is 0 Å². The van der Waals surface area contributed by atoms with Crippen LogP contribution in [-0.4, -0.2) is 50.2 Å². The SMILES string of the molecule is O=C(C(=CN1CCCCC1)c1nnnn1-c1ccccc1)C(F)(F)F. The number of halogens is 3. The highest BCUT2D eigenvalue weighted by Crippen LogP contribution is 2.27. The summed E-state index contributed by atoms with van der Waals surface area (Å²) >= 11 is 0. The van der Waals surface area contributed by atoms with Gasteiger partial charge in [-0.2, -0.15) is 17.9 Å². The highest BCUT2D eigenvalue weighted by Gasteiger charge is 2.43. The van der Waals surface area contributed by atoms with Gasteiger partial charge in [-0.05, 0) is 41.8 Å². The zero-order chi connectivity index (χ0) is 17.9. The third-order valence-electron chi connectivity index (χ3n) is 3.92. The lowest BCUT2D eigenvalue weighted by Crippen LogP contribution is -2.29. The third-order valence-corrected chi connectivity index (χ3v) is 3.92. The summed E-state index contributed by atoms with van der Waals surface area (Å²) < 4.78 is 40.4. The first-order chi connectivity index (χ1) is 12.0. The van der Waals surface area contributed by atoms with E-state index < -0.39 is 17.5 Å². The number of carbonyl (C=O) groups is 1. The number of hydrogen-bond acceptors (Lipinski definition) is 5. The molecular formula is C16H16F3N5O. The Morgan fingerprint density at radius 1 is 1.08 bits per heavy atom. The summed E-state index contributed by atoms with van der Waals surface area (Å²) in [7, 11) is 0. The number of hydrogen-bond donors (Lipinski definition) is 0. The monoisotopic (exact) mass is 351 g/mol. The minimum Gasteiger partial charge on any atom is -0.377 e. The molecule has 0 bridgehead atoms. The summed E-state index contributed by atoms with van der Waals surface area (Å²) in [6.07, 6.45) is -1.01. The van der Waals surface area contributed by atoms with Gasteiger partial charge in [0.25, 0.3) is 5.78 Å². The largest absolute Gasteiger partial charge is 0.455 e. The maximum absolute atomic E-state index is 13.1. The van der Waals surface area contributed by atoms with Crippen LogP contribution in [0.3, 0.4) is 0 Å². The molecule has 2 heterocycles. The predicted octanol–water partition coefficient (Wildman–Crippen LogP) is 2.62. The average Bonchev–Trinajstić information content (AvgIpc) is 3.09. The van der Waals surface area contributed by atoms with E-state index in [-0.39, 0.29) is 5.82 Å². The second kappa shape index (κ2) is 7.04. The third kappa shape index (κ3) is 3.86. The summed E-state index contributed by atoms with van der Waals surface area (Å²) in [5, 5.41) is 10.9. The molecule has 3 rings (SSSR count). The second-order valence-corrected chi connectivity index (χ2v) is 5.72. The van der Waals surface area contributed by atoms with E-state index in [1.165, 1.54) is 6.20 Å². The highest BCUT2D eigenvalue weighted by atomic mass is 19.4. The Morgan fingerprint density at radius 3 is 2.40 bits per heavy atom. The van der Waals surface area contributed by atoms with Gasteiger partial charge >= 0.3 is 6.18 Å². The Kier molecular flexibility index (Phi) is 4.82. The Labute approximate surface area is 141 Å². The minimum atomic E-state index is -5.00. The molecule has 1 saturated heterocycles. The molecule has 1 aliphatic rings. The van der Waals surface area contributed by atoms with Crippen molar-refractivity contribution < 1.29 is 18.0 Å². The lowest BCUT2D eigenvalue weighted by atomic mass is 10.1. The number of aromatic nitrogens is 4. The normalized spacial score (nSPS) is 16.1. The summed E-state index contributed by atoms with van der Waals surface area (Å²) in [5.74, 6) is -2.18. The number of nitrogens with zero attached hydrogens (tertiary/aromatic N) is 5. The van der Waals surface area contributed by atoms with E-state index in [1.807, 2.05) is 0 Å². The van der Waals surface area contributed by atoms with Crippen LogP contribution >= 0.6 is 0 Å². The topological polar surface area (TPSA) is 63.9 Å². The van der Waals surface area contributed by atoms with Crippen molar-refractivity contribution in [3.8, 4) is 5.69 Å². The van der Waals surface area contributed by atoms with Crippen LogP contribution in [0, 0.1) is 0 Å². The van der Waals surface area contributed by atoms with Gasteiger partial charge in [0.05, 0.1) is 11.3 Å². The van der Waals surface area contributed by atoms with Crippen LogP contribution in [0.4, 0.5) is 13.2 Å². The standard InChI is InChI=1S/C16H16F3N5O/c17-16(18,19)14(25)13(11-23-9-5-2-6-10-23)15-20-21-22-24(15)12-7-3-1-4-8-12/h1,3-4,7-8,11H,2,5-6,9-10H2. The fraction of sp³-hybridized carbons (Fsp3) is 0.375. The first-order valence-electron chi connectivity index (χ1n) is 7.88. The molecule has 0 aliphatic carbocycles. The molecule has 0 unspecified atom stereocenters. The Hall–Kier alpha value is -2.71. The van der Waals surface area contributed by atoms with E-state index in [1.54, 1.807) is 35.2 Å². The lowest BCUT2D eigenvalue weighted by molar-refractivity contribution is -0.164. The van der Waals surface area contributed by atoms with E-state index in [0.29, 0.717) is 18.8 Å².